The topological polar surface area (TPSA) is 29.5 Å². The summed E-state index contributed by atoms with van der Waals surface area (Å²) in [5.74, 6) is -0.771. The van der Waals surface area contributed by atoms with Gasteiger partial charge >= 0.3 is 0 Å². The number of ether oxygens (including phenoxy) is 1. The van der Waals surface area contributed by atoms with Crippen molar-refractivity contribution >= 4 is 0 Å². The van der Waals surface area contributed by atoms with E-state index >= 15 is 0 Å². The summed E-state index contributed by atoms with van der Waals surface area (Å²) < 4.78 is 31.8. The van der Waals surface area contributed by atoms with Crippen molar-refractivity contribution in [2.45, 2.75) is 20.0 Å². The fourth-order valence-corrected chi connectivity index (χ4v) is 2.37. The molecule has 0 saturated heterocycles. The van der Waals surface area contributed by atoms with E-state index in [0.717, 1.165) is 0 Å². The first-order valence-electron chi connectivity index (χ1n) is 6.22. The average molecular weight is 278 g/mol. The Kier molecular flexibility index (Phi) is 4.04. The van der Waals surface area contributed by atoms with Crippen molar-refractivity contribution in [2.75, 3.05) is 7.11 Å². The van der Waals surface area contributed by atoms with Crippen molar-refractivity contribution in [3.63, 3.8) is 0 Å². The molecule has 0 bridgehead atoms. The van der Waals surface area contributed by atoms with Gasteiger partial charge in [-0.15, -0.1) is 0 Å². The van der Waals surface area contributed by atoms with Crippen LogP contribution >= 0.6 is 0 Å². The predicted octanol–water partition coefficient (Wildman–Crippen LogP) is 3.67. The molecule has 0 aromatic heterocycles. The number of aliphatic hydroxyl groups excluding tert-OH is 1. The summed E-state index contributed by atoms with van der Waals surface area (Å²) in [4.78, 5) is 0. The Morgan fingerprint density at radius 1 is 1.05 bits per heavy atom. The lowest BCUT2D eigenvalue weighted by Gasteiger charge is -2.17. The zero-order chi connectivity index (χ0) is 14.9. The van der Waals surface area contributed by atoms with Gasteiger partial charge < -0.3 is 9.84 Å². The zero-order valence-electron chi connectivity index (χ0n) is 11.6. The van der Waals surface area contributed by atoms with Gasteiger partial charge in [0.25, 0.3) is 0 Å². The van der Waals surface area contributed by atoms with Gasteiger partial charge in [0.15, 0.2) is 11.6 Å². The molecule has 20 heavy (non-hydrogen) atoms. The minimum atomic E-state index is -1.00. The molecule has 0 aliphatic carbocycles. The highest BCUT2D eigenvalue weighted by Crippen LogP contribution is 2.30. The minimum Gasteiger partial charge on any atom is -0.494 e. The van der Waals surface area contributed by atoms with Crippen LogP contribution < -0.4 is 4.74 Å². The van der Waals surface area contributed by atoms with Crippen molar-refractivity contribution in [1.29, 1.82) is 0 Å². The van der Waals surface area contributed by atoms with Gasteiger partial charge in [0, 0.05) is 0 Å². The molecule has 0 amide bonds. The van der Waals surface area contributed by atoms with Crippen LogP contribution in [0.5, 0.6) is 5.75 Å². The molecule has 2 nitrogen and oxygen atoms in total. The summed E-state index contributed by atoms with van der Waals surface area (Å²) >= 11 is 0. The van der Waals surface area contributed by atoms with Crippen LogP contribution in [0.1, 0.15) is 28.4 Å². The third-order valence-electron chi connectivity index (χ3n) is 3.32. The highest BCUT2D eigenvalue weighted by Gasteiger charge is 2.18. The lowest BCUT2D eigenvalue weighted by atomic mass is 9.93. The van der Waals surface area contributed by atoms with Crippen LogP contribution in [0.4, 0.5) is 8.78 Å². The van der Waals surface area contributed by atoms with Crippen LogP contribution in [0.15, 0.2) is 30.3 Å². The molecule has 0 heterocycles. The SMILES string of the molecule is COc1ccc(C(O)c2c(C)cc(F)cc2C)cc1F. The maximum Gasteiger partial charge on any atom is 0.165 e. The van der Waals surface area contributed by atoms with E-state index in [1.54, 1.807) is 19.9 Å². The summed E-state index contributed by atoms with van der Waals surface area (Å²) in [5.41, 5.74) is 2.26. The molecule has 2 aromatic rings. The first-order valence-corrected chi connectivity index (χ1v) is 6.22. The number of halogens is 2. The quantitative estimate of drug-likeness (QED) is 0.928. The molecule has 4 heteroatoms. The van der Waals surface area contributed by atoms with Gasteiger partial charge in [-0.25, -0.2) is 8.78 Å². The van der Waals surface area contributed by atoms with Crippen LogP contribution in [0.3, 0.4) is 0 Å². The zero-order valence-corrected chi connectivity index (χ0v) is 11.6. The maximum absolute atomic E-state index is 13.7. The lowest BCUT2D eigenvalue weighted by Crippen LogP contribution is -2.06. The second-order valence-electron chi connectivity index (χ2n) is 4.75. The predicted molar refractivity (Wildman–Crippen MR) is 72.9 cm³/mol. The Morgan fingerprint density at radius 3 is 2.15 bits per heavy atom. The van der Waals surface area contributed by atoms with E-state index in [0.29, 0.717) is 22.3 Å². The molecule has 2 rings (SSSR count). The normalized spacial score (nSPS) is 12.3. The van der Waals surface area contributed by atoms with Crippen molar-refractivity contribution in [3.05, 3.63) is 64.2 Å². The van der Waals surface area contributed by atoms with E-state index in [4.69, 9.17) is 4.74 Å². The highest BCUT2D eigenvalue weighted by molar-refractivity contribution is 5.42. The molecule has 106 valence electrons. The average Bonchev–Trinajstić information content (AvgIpc) is 2.37. The standard InChI is InChI=1S/C16H16F2O2/c1-9-6-12(17)7-10(2)15(9)16(19)11-4-5-14(20-3)13(18)8-11/h4-8,16,19H,1-3H3. The Morgan fingerprint density at radius 2 is 1.65 bits per heavy atom. The third kappa shape index (κ3) is 2.65. The molecule has 1 atom stereocenters. The van der Waals surface area contributed by atoms with Crippen LogP contribution in [-0.4, -0.2) is 12.2 Å². The summed E-state index contributed by atoms with van der Waals surface area (Å²) in [6.07, 6.45) is -1.00. The molecule has 0 fully saturated rings. The van der Waals surface area contributed by atoms with Crippen molar-refractivity contribution in [2.24, 2.45) is 0 Å². The monoisotopic (exact) mass is 278 g/mol. The van der Waals surface area contributed by atoms with Gasteiger partial charge in [0.1, 0.15) is 11.9 Å². The molecule has 0 saturated carbocycles. The van der Waals surface area contributed by atoms with E-state index in [1.807, 2.05) is 0 Å². The summed E-state index contributed by atoms with van der Waals surface area (Å²) in [7, 11) is 1.38. The molecule has 1 unspecified atom stereocenters. The van der Waals surface area contributed by atoms with Gasteiger partial charge in [-0.2, -0.15) is 0 Å². The first-order chi connectivity index (χ1) is 9.43. The van der Waals surface area contributed by atoms with Crippen molar-refractivity contribution in [3.8, 4) is 5.75 Å². The molecular formula is C16H16F2O2. The lowest BCUT2D eigenvalue weighted by molar-refractivity contribution is 0.218. The molecule has 0 aliphatic rings. The molecule has 2 aromatic carbocycles. The molecule has 0 spiro atoms. The highest BCUT2D eigenvalue weighted by atomic mass is 19.1. The number of aliphatic hydroxyl groups is 1. The minimum absolute atomic E-state index is 0.119. The number of rotatable bonds is 3. The van der Waals surface area contributed by atoms with Gasteiger partial charge in [-0.3, -0.25) is 0 Å². The van der Waals surface area contributed by atoms with E-state index < -0.39 is 11.9 Å². The van der Waals surface area contributed by atoms with Gasteiger partial charge in [-0.05, 0) is 60.4 Å². The summed E-state index contributed by atoms with van der Waals surface area (Å²) in [5, 5.41) is 10.4. The van der Waals surface area contributed by atoms with Crippen molar-refractivity contribution < 1.29 is 18.6 Å². The Balaban J connectivity index is 2.46. The van der Waals surface area contributed by atoms with Gasteiger partial charge in [0.05, 0.1) is 7.11 Å². The second-order valence-corrected chi connectivity index (χ2v) is 4.75. The number of hydrogen-bond donors (Lipinski definition) is 1. The molecule has 0 aliphatic heterocycles. The molecular weight excluding hydrogens is 262 g/mol. The Labute approximate surface area is 116 Å². The molecule has 1 N–H and O–H groups in total. The Hall–Kier alpha value is -1.94. The van der Waals surface area contributed by atoms with Crippen LogP contribution in [0.25, 0.3) is 0 Å². The largest absolute Gasteiger partial charge is 0.494 e. The number of hydrogen-bond acceptors (Lipinski definition) is 2. The number of benzene rings is 2. The van der Waals surface area contributed by atoms with E-state index in [2.05, 4.69) is 0 Å². The Bertz CT molecular complexity index is 615. The van der Waals surface area contributed by atoms with Crippen LogP contribution in [0.2, 0.25) is 0 Å². The van der Waals surface area contributed by atoms with E-state index in [-0.39, 0.29) is 11.6 Å². The number of methoxy groups -OCH3 is 1. The fraction of sp³-hybridized carbons (Fsp3) is 0.250. The number of aryl methyl sites for hydroxylation is 2. The van der Waals surface area contributed by atoms with Crippen LogP contribution in [-0.2, 0) is 0 Å². The second kappa shape index (κ2) is 5.59. The van der Waals surface area contributed by atoms with Crippen LogP contribution in [0, 0.1) is 25.5 Å². The van der Waals surface area contributed by atoms with Crippen molar-refractivity contribution in [1.82, 2.24) is 0 Å². The smallest absolute Gasteiger partial charge is 0.165 e. The first kappa shape index (κ1) is 14.5. The summed E-state index contributed by atoms with van der Waals surface area (Å²) in [6, 6.07) is 6.99. The van der Waals surface area contributed by atoms with E-state index in [1.165, 1.54) is 31.4 Å². The maximum atomic E-state index is 13.7. The fourth-order valence-electron chi connectivity index (χ4n) is 2.37. The van der Waals surface area contributed by atoms with Gasteiger partial charge in [0.2, 0.25) is 0 Å². The third-order valence-corrected chi connectivity index (χ3v) is 3.32. The van der Waals surface area contributed by atoms with E-state index in [9.17, 15) is 13.9 Å². The summed E-state index contributed by atoms with van der Waals surface area (Å²) in [6.45, 7) is 3.43. The van der Waals surface area contributed by atoms with Gasteiger partial charge in [-0.1, -0.05) is 6.07 Å². The molecule has 0 radical (unpaired) electrons.